The smallest absolute Gasteiger partial charge is 0.327 e. The van der Waals surface area contributed by atoms with Crippen molar-refractivity contribution in [3.63, 3.8) is 0 Å². The predicted octanol–water partition coefficient (Wildman–Crippen LogP) is 5.52. The van der Waals surface area contributed by atoms with Crippen molar-refractivity contribution >= 4 is 28.3 Å². The predicted molar refractivity (Wildman–Crippen MR) is 121 cm³/mol. The van der Waals surface area contributed by atoms with Gasteiger partial charge in [0.1, 0.15) is 5.75 Å². The molecule has 1 saturated carbocycles. The Morgan fingerprint density at radius 2 is 1.64 bits per heavy atom. The Labute approximate surface area is 190 Å². The molecule has 0 saturated heterocycles. The molecule has 162 valence electrons. The summed E-state index contributed by atoms with van der Waals surface area (Å²) >= 11 is 0. The van der Waals surface area contributed by atoms with Gasteiger partial charge < -0.3 is 9.15 Å². The van der Waals surface area contributed by atoms with Crippen LogP contribution in [0.1, 0.15) is 44.9 Å². The molecule has 0 N–H and O–H groups in total. The molecule has 2 aliphatic rings. The summed E-state index contributed by atoms with van der Waals surface area (Å²) < 4.78 is 11.2. The largest absolute Gasteiger partial charge is 0.461 e. The Hall–Kier alpha value is -3.99. The highest BCUT2D eigenvalue weighted by Gasteiger charge is 2.88. The number of hydrogen-bond acceptors (Lipinski definition) is 5. The lowest BCUT2D eigenvalue weighted by molar-refractivity contribution is -0.140. The van der Waals surface area contributed by atoms with Gasteiger partial charge in [-0.2, -0.15) is 0 Å². The maximum absolute atomic E-state index is 14.0. The van der Waals surface area contributed by atoms with E-state index in [1.165, 1.54) is 12.3 Å². The van der Waals surface area contributed by atoms with Crippen molar-refractivity contribution in [2.75, 3.05) is 0 Å². The van der Waals surface area contributed by atoms with Crippen LogP contribution in [0.25, 0.3) is 10.8 Å². The van der Waals surface area contributed by atoms with Gasteiger partial charge in [0.2, 0.25) is 5.78 Å². The minimum atomic E-state index is -1.69. The van der Waals surface area contributed by atoms with E-state index >= 15 is 0 Å². The first-order valence-corrected chi connectivity index (χ1v) is 10.8. The van der Waals surface area contributed by atoms with E-state index in [1.54, 1.807) is 31.2 Å². The van der Waals surface area contributed by atoms with Gasteiger partial charge in [0, 0.05) is 17.0 Å². The van der Waals surface area contributed by atoms with Gasteiger partial charge in [-0.05, 0) is 35.9 Å². The highest BCUT2D eigenvalue weighted by Crippen LogP contribution is 2.79. The van der Waals surface area contributed by atoms with Crippen LogP contribution in [0.5, 0.6) is 5.75 Å². The summed E-state index contributed by atoms with van der Waals surface area (Å²) in [7, 11) is 0. The van der Waals surface area contributed by atoms with E-state index in [-0.39, 0.29) is 11.5 Å². The van der Waals surface area contributed by atoms with Gasteiger partial charge in [0.05, 0.1) is 11.7 Å². The number of Topliss-reactive ketones (excluding diaryl/α,β-unsaturated/α-hetero) is 2. The summed E-state index contributed by atoms with van der Waals surface area (Å²) in [5.74, 6) is -1.72. The number of aryl methyl sites for hydroxylation is 1. The summed E-state index contributed by atoms with van der Waals surface area (Å²) in [4.78, 5) is 41.4. The van der Waals surface area contributed by atoms with Crippen LogP contribution in [0.15, 0.2) is 83.5 Å². The van der Waals surface area contributed by atoms with Crippen molar-refractivity contribution in [3.05, 3.63) is 102 Å². The van der Waals surface area contributed by atoms with Crippen molar-refractivity contribution in [2.45, 2.75) is 19.8 Å². The Bertz CT molecular complexity index is 1460. The normalized spacial score (nSPS) is 25.2. The Morgan fingerprint density at radius 1 is 0.879 bits per heavy atom. The van der Waals surface area contributed by atoms with Crippen LogP contribution in [-0.4, -0.2) is 17.5 Å². The lowest BCUT2D eigenvalue weighted by Crippen LogP contribution is -2.39. The second-order valence-corrected chi connectivity index (χ2v) is 9.03. The molecule has 3 atom stereocenters. The summed E-state index contributed by atoms with van der Waals surface area (Å²) in [5.41, 5.74) is -0.820. The van der Waals surface area contributed by atoms with Crippen molar-refractivity contribution in [2.24, 2.45) is 10.8 Å². The molecule has 0 radical (unpaired) electrons. The zero-order valence-electron chi connectivity index (χ0n) is 18.1. The Kier molecular flexibility index (Phi) is 3.88. The molecule has 2 heterocycles. The zero-order valence-corrected chi connectivity index (χ0v) is 18.1. The minimum absolute atomic E-state index is 0.0427. The molecule has 0 amide bonds. The SMILES string of the molecule is Cc1ccc(C(=O)[C@]2(C)[C@H]3c4c(ccc5ccccc45)OC(=O)[C@@]32C(=O)c2ccco2)cc1. The number of furan rings is 1. The fourth-order valence-corrected chi connectivity index (χ4v) is 5.67. The first-order chi connectivity index (χ1) is 15.9. The monoisotopic (exact) mass is 436 g/mol. The molecule has 0 bridgehead atoms. The number of rotatable bonds is 4. The van der Waals surface area contributed by atoms with Crippen LogP contribution in [0, 0.1) is 17.8 Å². The molecule has 4 aromatic rings. The number of hydrogen-bond donors (Lipinski definition) is 0. The van der Waals surface area contributed by atoms with Crippen molar-refractivity contribution < 1.29 is 23.5 Å². The van der Waals surface area contributed by atoms with Gasteiger partial charge in [-0.25, -0.2) is 0 Å². The molecule has 3 aromatic carbocycles. The molecule has 5 nitrogen and oxygen atoms in total. The van der Waals surface area contributed by atoms with Crippen molar-refractivity contribution in [3.8, 4) is 5.75 Å². The number of fused-ring (bicyclic) bond motifs is 5. The molecule has 33 heavy (non-hydrogen) atoms. The fraction of sp³-hybridized carbons (Fsp3) is 0.179. The molecule has 1 fully saturated rings. The van der Waals surface area contributed by atoms with Crippen LogP contribution >= 0.6 is 0 Å². The lowest BCUT2D eigenvalue weighted by atomic mass is 9.83. The average Bonchev–Trinajstić information content (AvgIpc) is 3.13. The first kappa shape index (κ1) is 19.7. The van der Waals surface area contributed by atoms with Crippen molar-refractivity contribution in [1.29, 1.82) is 0 Å². The van der Waals surface area contributed by atoms with E-state index in [1.807, 2.05) is 49.4 Å². The topological polar surface area (TPSA) is 73.6 Å². The number of ether oxygens (including phenoxy) is 1. The molecule has 0 spiro atoms. The molecule has 1 aliphatic heterocycles. The van der Waals surface area contributed by atoms with E-state index in [0.717, 1.165) is 21.9 Å². The lowest BCUT2D eigenvalue weighted by Gasteiger charge is -2.23. The van der Waals surface area contributed by atoms with Gasteiger partial charge in [0.15, 0.2) is 17.0 Å². The van der Waals surface area contributed by atoms with E-state index < -0.39 is 28.5 Å². The summed E-state index contributed by atoms with van der Waals surface area (Å²) in [6.45, 7) is 3.65. The molecule has 1 aromatic heterocycles. The number of carbonyl (C=O) groups excluding carboxylic acids is 3. The first-order valence-electron chi connectivity index (χ1n) is 10.8. The van der Waals surface area contributed by atoms with Gasteiger partial charge in [-0.15, -0.1) is 0 Å². The highest BCUT2D eigenvalue weighted by molar-refractivity contribution is 6.25. The molecule has 1 aliphatic carbocycles. The molecule has 5 heteroatoms. The second-order valence-electron chi connectivity index (χ2n) is 9.03. The third kappa shape index (κ3) is 2.34. The Morgan fingerprint density at radius 3 is 2.36 bits per heavy atom. The third-order valence-corrected chi connectivity index (χ3v) is 7.38. The minimum Gasteiger partial charge on any atom is -0.461 e. The third-order valence-electron chi connectivity index (χ3n) is 7.38. The van der Waals surface area contributed by atoms with E-state index in [9.17, 15) is 14.4 Å². The van der Waals surface area contributed by atoms with Gasteiger partial charge in [-0.1, -0.05) is 67.1 Å². The highest BCUT2D eigenvalue weighted by atomic mass is 16.5. The van der Waals surface area contributed by atoms with Crippen LogP contribution < -0.4 is 4.74 Å². The summed E-state index contributed by atoms with van der Waals surface area (Å²) in [6.07, 6.45) is 1.39. The number of benzene rings is 3. The number of ketones is 2. The van der Waals surface area contributed by atoms with E-state index in [2.05, 4.69) is 0 Å². The fourth-order valence-electron chi connectivity index (χ4n) is 5.67. The van der Waals surface area contributed by atoms with E-state index in [0.29, 0.717) is 11.3 Å². The number of carbonyl (C=O) groups is 3. The van der Waals surface area contributed by atoms with Crippen molar-refractivity contribution in [1.82, 2.24) is 0 Å². The molecule has 6 rings (SSSR count). The van der Waals surface area contributed by atoms with Crippen LogP contribution in [0.3, 0.4) is 0 Å². The number of esters is 1. The molecule has 0 unspecified atom stereocenters. The summed E-state index contributed by atoms with van der Waals surface area (Å²) in [5, 5.41) is 1.81. The average molecular weight is 436 g/mol. The van der Waals surface area contributed by atoms with Crippen LogP contribution in [0.2, 0.25) is 0 Å². The summed E-state index contributed by atoms with van der Waals surface area (Å²) in [6, 6.07) is 21.7. The van der Waals surface area contributed by atoms with E-state index in [4.69, 9.17) is 9.15 Å². The second kappa shape index (κ2) is 6.51. The molecular formula is C28H20O5. The Balaban J connectivity index is 1.63. The van der Waals surface area contributed by atoms with Crippen LogP contribution in [0.4, 0.5) is 0 Å². The van der Waals surface area contributed by atoms with Gasteiger partial charge in [0.25, 0.3) is 0 Å². The zero-order chi connectivity index (χ0) is 23.0. The van der Waals surface area contributed by atoms with Crippen LogP contribution in [-0.2, 0) is 4.79 Å². The standard InChI is InChI=1S/C28H20O5/c1-16-9-11-18(12-10-16)24(29)27(2)23-22-19-7-4-3-6-17(19)13-14-20(22)33-26(31)28(23,27)25(30)21-8-5-15-32-21/h3-15,23H,1-2H3/t23-,27+,28+/m1/s1. The molecular weight excluding hydrogens is 416 g/mol. The van der Waals surface area contributed by atoms with Gasteiger partial charge >= 0.3 is 5.97 Å². The van der Waals surface area contributed by atoms with Gasteiger partial charge in [-0.3, -0.25) is 14.4 Å². The maximum atomic E-state index is 14.0. The quantitative estimate of drug-likeness (QED) is 0.182. The maximum Gasteiger partial charge on any atom is 0.327 e.